The summed E-state index contributed by atoms with van der Waals surface area (Å²) in [7, 11) is 0. The Morgan fingerprint density at radius 3 is 2.93 bits per heavy atom. The van der Waals surface area contributed by atoms with Gasteiger partial charge in [-0.05, 0) is 12.1 Å². The van der Waals surface area contributed by atoms with Gasteiger partial charge in [-0.25, -0.2) is 4.98 Å². The summed E-state index contributed by atoms with van der Waals surface area (Å²) in [6.07, 6.45) is 3.31. The maximum Gasteiger partial charge on any atom is 0.270 e. The number of carbonyl (C=O) groups excluding carboxylic acids is 1. The molecule has 0 saturated heterocycles. The first-order valence-corrected chi connectivity index (χ1v) is 5.32. The maximum atomic E-state index is 11.5. The molecular weight excluding hydrogens is 210 g/mol. The van der Waals surface area contributed by atoms with Crippen molar-refractivity contribution in [2.45, 2.75) is 6.54 Å². The Morgan fingerprint density at radius 2 is 2.27 bits per heavy atom. The van der Waals surface area contributed by atoms with Crippen LogP contribution in [0.5, 0.6) is 0 Å². The fourth-order valence-electron chi connectivity index (χ4n) is 1.08. The Kier molecular flexibility index (Phi) is 3.04. The van der Waals surface area contributed by atoms with Crippen molar-refractivity contribution in [2.75, 3.05) is 0 Å². The summed E-state index contributed by atoms with van der Waals surface area (Å²) >= 11 is 1.51. The van der Waals surface area contributed by atoms with Crippen LogP contribution in [0.4, 0.5) is 0 Å². The second-order valence-electron chi connectivity index (χ2n) is 2.82. The van der Waals surface area contributed by atoms with Crippen molar-refractivity contribution in [2.24, 2.45) is 0 Å². The molecule has 0 aliphatic carbocycles. The van der Waals surface area contributed by atoms with Crippen LogP contribution >= 0.6 is 11.3 Å². The van der Waals surface area contributed by atoms with Crippen molar-refractivity contribution in [3.8, 4) is 0 Å². The quantitative estimate of drug-likeness (QED) is 0.850. The summed E-state index contributed by atoms with van der Waals surface area (Å²) in [4.78, 5) is 19.6. The number of hydrogen-bond acceptors (Lipinski definition) is 4. The van der Waals surface area contributed by atoms with Gasteiger partial charge in [-0.15, -0.1) is 11.3 Å². The molecule has 15 heavy (non-hydrogen) atoms. The Balaban J connectivity index is 1.94. The Hall–Kier alpha value is -1.75. The van der Waals surface area contributed by atoms with E-state index in [1.54, 1.807) is 30.6 Å². The highest BCUT2D eigenvalue weighted by molar-refractivity contribution is 7.09. The molecule has 0 atom stereocenters. The lowest BCUT2D eigenvalue weighted by Gasteiger charge is -2.01. The first-order chi connectivity index (χ1) is 7.36. The van der Waals surface area contributed by atoms with E-state index in [2.05, 4.69) is 15.3 Å². The van der Waals surface area contributed by atoms with E-state index in [4.69, 9.17) is 0 Å². The third-order valence-electron chi connectivity index (χ3n) is 1.78. The Labute approximate surface area is 91.0 Å². The normalized spacial score (nSPS) is 9.87. The van der Waals surface area contributed by atoms with E-state index in [1.807, 2.05) is 5.38 Å². The molecule has 0 aromatic carbocycles. The number of amides is 1. The van der Waals surface area contributed by atoms with E-state index >= 15 is 0 Å². The van der Waals surface area contributed by atoms with E-state index in [0.29, 0.717) is 12.2 Å². The summed E-state index contributed by atoms with van der Waals surface area (Å²) < 4.78 is 0. The highest BCUT2D eigenvalue weighted by Gasteiger charge is 2.05. The molecule has 0 spiro atoms. The van der Waals surface area contributed by atoms with Gasteiger partial charge in [0.05, 0.1) is 6.54 Å². The monoisotopic (exact) mass is 219 g/mol. The number of pyridine rings is 1. The molecule has 1 amide bonds. The van der Waals surface area contributed by atoms with Gasteiger partial charge in [0.15, 0.2) is 0 Å². The Bertz CT molecular complexity index is 427. The van der Waals surface area contributed by atoms with Crippen LogP contribution < -0.4 is 5.32 Å². The molecule has 76 valence electrons. The van der Waals surface area contributed by atoms with Gasteiger partial charge >= 0.3 is 0 Å². The highest BCUT2D eigenvalue weighted by atomic mass is 32.1. The number of nitrogens with one attached hydrogen (secondary N) is 1. The number of carbonyl (C=O) groups is 1. The van der Waals surface area contributed by atoms with Crippen molar-refractivity contribution < 1.29 is 4.79 Å². The van der Waals surface area contributed by atoms with Gasteiger partial charge < -0.3 is 5.32 Å². The highest BCUT2D eigenvalue weighted by Crippen LogP contribution is 2.03. The minimum Gasteiger partial charge on any atom is -0.344 e. The lowest BCUT2D eigenvalue weighted by molar-refractivity contribution is 0.0946. The van der Waals surface area contributed by atoms with Crippen LogP contribution in [-0.4, -0.2) is 15.9 Å². The zero-order valence-corrected chi connectivity index (χ0v) is 8.70. The molecule has 0 aliphatic heterocycles. The average molecular weight is 219 g/mol. The van der Waals surface area contributed by atoms with Gasteiger partial charge in [-0.3, -0.25) is 9.78 Å². The molecular formula is C10H9N3OS. The van der Waals surface area contributed by atoms with E-state index in [-0.39, 0.29) is 5.91 Å². The van der Waals surface area contributed by atoms with Crippen LogP contribution in [0.15, 0.2) is 36.0 Å². The number of nitrogens with zero attached hydrogens (tertiary/aromatic N) is 2. The van der Waals surface area contributed by atoms with Crippen molar-refractivity contribution in [1.29, 1.82) is 0 Å². The van der Waals surface area contributed by atoms with Crippen molar-refractivity contribution >= 4 is 17.2 Å². The van der Waals surface area contributed by atoms with Gasteiger partial charge in [0, 0.05) is 17.8 Å². The number of rotatable bonds is 3. The SMILES string of the molecule is O=C(NCc1nccs1)c1ccccn1. The summed E-state index contributed by atoms with van der Waals surface area (Å²) in [5.41, 5.74) is 0.425. The molecule has 0 radical (unpaired) electrons. The van der Waals surface area contributed by atoms with Gasteiger partial charge in [0.1, 0.15) is 10.7 Å². The summed E-state index contributed by atoms with van der Waals surface area (Å²) in [5, 5.41) is 5.51. The second-order valence-corrected chi connectivity index (χ2v) is 3.80. The molecule has 2 aromatic heterocycles. The van der Waals surface area contributed by atoms with Gasteiger partial charge in [-0.2, -0.15) is 0 Å². The van der Waals surface area contributed by atoms with Crippen LogP contribution in [0.3, 0.4) is 0 Å². The average Bonchev–Trinajstić information content (AvgIpc) is 2.80. The second kappa shape index (κ2) is 4.65. The van der Waals surface area contributed by atoms with E-state index < -0.39 is 0 Å². The summed E-state index contributed by atoms with van der Waals surface area (Å²) in [6.45, 7) is 0.451. The first-order valence-electron chi connectivity index (χ1n) is 4.44. The van der Waals surface area contributed by atoms with E-state index in [9.17, 15) is 4.79 Å². The molecule has 0 fully saturated rings. The van der Waals surface area contributed by atoms with Crippen LogP contribution in [-0.2, 0) is 6.54 Å². The van der Waals surface area contributed by atoms with E-state index in [0.717, 1.165) is 5.01 Å². The lowest BCUT2D eigenvalue weighted by Crippen LogP contribution is -2.23. The smallest absolute Gasteiger partial charge is 0.270 e. The Morgan fingerprint density at radius 1 is 1.33 bits per heavy atom. The first kappa shape index (κ1) is 9.79. The number of hydrogen-bond donors (Lipinski definition) is 1. The number of aromatic nitrogens is 2. The topological polar surface area (TPSA) is 54.9 Å². The van der Waals surface area contributed by atoms with E-state index in [1.165, 1.54) is 11.3 Å². The van der Waals surface area contributed by atoms with Gasteiger partial charge in [-0.1, -0.05) is 6.07 Å². The largest absolute Gasteiger partial charge is 0.344 e. The minimum atomic E-state index is -0.175. The van der Waals surface area contributed by atoms with Crippen LogP contribution in [0.2, 0.25) is 0 Å². The van der Waals surface area contributed by atoms with Crippen molar-refractivity contribution in [3.63, 3.8) is 0 Å². The third-order valence-corrected chi connectivity index (χ3v) is 2.56. The van der Waals surface area contributed by atoms with Crippen molar-refractivity contribution in [1.82, 2.24) is 15.3 Å². The van der Waals surface area contributed by atoms with Gasteiger partial charge in [0.25, 0.3) is 5.91 Å². The molecule has 0 saturated carbocycles. The molecule has 0 bridgehead atoms. The fourth-order valence-corrected chi connectivity index (χ4v) is 1.64. The number of thiazole rings is 1. The maximum absolute atomic E-state index is 11.5. The van der Waals surface area contributed by atoms with Crippen LogP contribution in [0, 0.1) is 0 Å². The zero-order valence-electron chi connectivity index (χ0n) is 7.88. The van der Waals surface area contributed by atoms with Gasteiger partial charge in [0.2, 0.25) is 0 Å². The van der Waals surface area contributed by atoms with Crippen LogP contribution in [0.1, 0.15) is 15.5 Å². The molecule has 0 aliphatic rings. The molecule has 0 unspecified atom stereocenters. The standard InChI is InChI=1S/C10H9N3OS/c14-10(8-3-1-2-4-11-8)13-7-9-12-5-6-15-9/h1-6H,7H2,(H,13,14). The zero-order chi connectivity index (χ0) is 10.5. The summed E-state index contributed by atoms with van der Waals surface area (Å²) in [5.74, 6) is -0.175. The third kappa shape index (κ3) is 2.60. The molecule has 2 rings (SSSR count). The molecule has 2 heterocycles. The van der Waals surface area contributed by atoms with Crippen molar-refractivity contribution in [3.05, 3.63) is 46.7 Å². The molecule has 5 heteroatoms. The summed E-state index contributed by atoms with van der Waals surface area (Å²) in [6, 6.07) is 5.24. The minimum absolute atomic E-state index is 0.175. The van der Waals surface area contributed by atoms with Crippen LogP contribution in [0.25, 0.3) is 0 Å². The fraction of sp³-hybridized carbons (Fsp3) is 0.100. The molecule has 4 nitrogen and oxygen atoms in total. The predicted octanol–water partition coefficient (Wildman–Crippen LogP) is 1.47. The lowest BCUT2D eigenvalue weighted by atomic mass is 10.3. The molecule has 2 aromatic rings. The molecule has 1 N–H and O–H groups in total. The predicted molar refractivity (Wildman–Crippen MR) is 57.5 cm³/mol.